The maximum Gasteiger partial charge on any atom is 0.223 e. The van der Waals surface area contributed by atoms with Gasteiger partial charge in [0.15, 0.2) is 9.84 Å². The molecule has 0 amide bonds. The van der Waals surface area contributed by atoms with E-state index in [2.05, 4.69) is 15.0 Å². The molecule has 20 heavy (non-hydrogen) atoms. The smallest absolute Gasteiger partial charge is 0.223 e. The lowest BCUT2D eigenvalue weighted by Crippen LogP contribution is -2.16. The first-order chi connectivity index (χ1) is 9.53. The second-order valence-electron chi connectivity index (χ2n) is 5.84. The van der Waals surface area contributed by atoms with Crippen molar-refractivity contribution >= 4 is 15.8 Å². The molecule has 3 rings (SSSR count). The highest BCUT2D eigenvalue weighted by Gasteiger charge is 2.32. The van der Waals surface area contributed by atoms with E-state index in [0.29, 0.717) is 18.2 Å². The molecule has 1 aromatic rings. The van der Waals surface area contributed by atoms with E-state index in [4.69, 9.17) is 5.73 Å². The van der Waals surface area contributed by atoms with Crippen molar-refractivity contribution in [3.05, 3.63) is 11.6 Å². The third kappa shape index (κ3) is 2.92. The Balaban J connectivity index is 1.86. The van der Waals surface area contributed by atoms with Crippen LogP contribution in [0, 0.1) is 0 Å². The van der Waals surface area contributed by atoms with E-state index in [1.807, 2.05) is 0 Å². The fraction of sp³-hybridized carbons (Fsp3) is 0.769. The molecular formula is C13H20N4O2S. The van der Waals surface area contributed by atoms with Crippen molar-refractivity contribution in [2.24, 2.45) is 0 Å². The molecule has 110 valence electrons. The van der Waals surface area contributed by atoms with Crippen molar-refractivity contribution in [1.29, 1.82) is 0 Å². The lowest BCUT2D eigenvalue weighted by molar-refractivity contribution is 0.426. The van der Waals surface area contributed by atoms with E-state index >= 15 is 0 Å². The summed E-state index contributed by atoms with van der Waals surface area (Å²) < 4.78 is 23.2. The first-order valence-electron chi connectivity index (χ1n) is 7.25. The van der Waals surface area contributed by atoms with Crippen molar-refractivity contribution in [1.82, 2.24) is 15.0 Å². The molecular weight excluding hydrogens is 276 g/mol. The van der Waals surface area contributed by atoms with Crippen LogP contribution in [0.5, 0.6) is 0 Å². The lowest BCUT2D eigenvalue weighted by atomic mass is 9.88. The first-order valence-corrected chi connectivity index (χ1v) is 9.07. The van der Waals surface area contributed by atoms with Crippen molar-refractivity contribution in [3.63, 3.8) is 0 Å². The Labute approximate surface area is 119 Å². The van der Waals surface area contributed by atoms with Crippen LogP contribution in [-0.4, -0.2) is 34.9 Å². The summed E-state index contributed by atoms with van der Waals surface area (Å²) in [5.74, 6) is 2.15. The van der Waals surface area contributed by atoms with Crippen LogP contribution in [0.4, 0.5) is 5.95 Å². The molecule has 1 aromatic heterocycles. The van der Waals surface area contributed by atoms with Gasteiger partial charge in [0.05, 0.1) is 11.5 Å². The predicted molar refractivity (Wildman–Crippen MR) is 76.1 cm³/mol. The Bertz CT molecular complexity index is 596. The van der Waals surface area contributed by atoms with Gasteiger partial charge in [-0.05, 0) is 19.3 Å². The van der Waals surface area contributed by atoms with Gasteiger partial charge in [0.25, 0.3) is 0 Å². The van der Waals surface area contributed by atoms with E-state index in [-0.39, 0.29) is 23.4 Å². The molecule has 2 heterocycles. The molecule has 6 nitrogen and oxygen atoms in total. The average molecular weight is 296 g/mol. The monoisotopic (exact) mass is 296 g/mol. The number of hydrogen-bond acceptors (Lipinski definition) is 6. The van der Waals surface area contributed by atoms with Crippen molar-refractivity contribution in [2.45, 2.75) is 50.4 Å². The molecule has 1 saturated heterocycles. The Morgan fingerprint density at radius 1 is 0.900 bits per heavy atom. The van der Waals surface area contributed by atoms with Gasteiger partial charge in [-0.25, -0.2) is 13.4 Å². The summed E-state index contributed by atoms with van der Waals surface area (Å²) in [5.41, 5.74) is 5.79. The molecule has 0 aromatic carbocycles. The molecule has 2 fully saturated rings. The average Bonchev–Trinajstić information content (AvgIpc) is 2.79. The fourth-order valence-electron chi connectivity index (χ4n) is 3.15. The standard InChI is InChI=1S/C13H20N4O2S/c14-13-16-11(9-4-2-1-3-5-9)15-12(17-13)10-6-7-20(18,19)8-10/h9-10H,1-8H2,(H2,14,15,16,17). The summed E-state index contributed by atoms with van der Waals surface area (Å²) >= 11 is 0. The summed E-state index contributed by atoms with van der Waals surface area (Å²) in [6.07, 6.45) is 6.44. The number of anilines is 1. The second-order valence-corrected chi connectivity index (χ2v) is 8.07. The quantitative estimate of drug-likeness (QED) is 0.885. The normalized spacial score (nSPS) is 26.7. The summed E-state index contributed by atoms with van der Waals surface area (Å²) in [6, 6.07) is 0. The van der Waals surface area contributed by atoms with Crippen molar-refractivity contribution in [2.75, 3.05) is 17.2 Å². The highest BCUT2D eigenvalue weighted by Crippen LogP contribution is 2.32. The highest BCUT2D eigenvalue weighted by molar-refractivity contribution is 7.91. The van der Waals surface area contributed by atoms with Gasteiger partial charge in [-0.3, -0.25) is 0 Å². The van der Waals surface area contributed by atoms with Crippen LogP contribution in [0.3, 0.4) is 0 Å². The maximum absolute atomic E-state index is 11.6. The molecule has 2 N–H and O–H groups in total. The molecule has 0 radical (unpaired) electrons. The van der Waals surface area contributed by atoms with E-state index in [1.54, 1.807) is 0 Å². The minimum atomic E-state index is -2.94. The molecule has 1 saturated carbocycles. The third-order valence-corrected chi connectivity index (χ3v) is 6.02. The van der Waals surface area contributed by atoms with Gasteiger partial charge in [0, 0.05) is 11.8 Å². The van der Waals surface area contributed by atoms with Crippen molar-refractivity contribution in [3.8, 4) is 0 Å². The van der Waals surface area contributed by atoms with Gasteiger partial charge in [-0.2, -0.15) is 9.97 Å². The van der Waals surface area contributed by atoms with Gasteiger partial charge in [0.1, 0.15) is 11.6 Å². The minimum absolute atomic E-state index is 0.118. The number of hydrogen-bond donors (Lipinski definition) is 1. The molecule has 0 bridgehead atoms. The predicted octanol–water partition coefficient (Wildman–Crippen LogP) is 1.40. The van der Waals surface area contributed by atoms with Gasteiger partial charge in [-0.15, -0.1) is 0 Å². The van der Waals surface area contributed by atoms with E-state index < -0.39 is 9.84 Å². The summed E-state index contributed by atoms with van der Waals surface area (Å²) in [6.45, 7) is 0. The molecule has 1 atom stereocenters. The topological polar surface area (TPSA) is 98.8 Å². The number of nitrogen functional groups attached to an aromatic ring is 1. The molecule has 1 aliphatic heterocycles. The van der Waals surface area contributed by atoms with Gasteiger partial charge in [0.2, 0.25) is 5.95 Å². The third-order valence-electron chi connectivity index (χ3n) is 4.26. The Morgan fingerprint density at radius 3 is 2.15 bits per heavy atom. The summed E-state index contributed by atoms with van der Waals surface area (Å²) in [5, 5.41) is 0. The van der Waals surface area contributed by atoms with Crippen LogP contribution in [0.25, 0.3) is 0 Å². The maximum atomic E-state index is 11.6. The molecule has 2 aliphatic rings. The van der Waals surface area contributed by atoms with Crippen LogP contribution in [-0.2, 0) is 9.84 Å². The Kier molecular flexibility index (Phi) is 3.62. The van der Waals surface area contributed by atoms with E-state index in [0.717, 1.165) is 18.7 Å². The minimum Gasteiger partial charge on any atom is -0.368 e. The Morgan fingerprint density at radius 2 is 1.55 bits per heavy atom. The lowest BCUT2D eigenvalue weighted by Gasteiger charge is -2.21. The molecule has 1 unspecified atom stereocenters. The zero-order valence-corrected chi connectivity index (χ0v) is 12.3. The number of nitrogens with zero attached hydrogens (tertiary/aromatic N) is 3. The summed E-state index contributed by atoms with van der Waals surface area (Å²) in [4.78, 5) is 13.0. The molecule has 1 aliphatic carbocycles. The van der Waals surface area contributed by atoms with Crippen LogP contribution in [0.1, 0.15) is 62.0 Å². The van der Waals surface area contributed by atoms with E-state index in [1.165, 1.54) is 19.3 Å². The second kappa shape index (κ2) is 5.27. The van der Waals surface area contributed by atoms with Crippen LogP contribution >= 0.6 is 0 Å². The molecule has 7 heteroatoms. The number of rotatable bonds is 2. The van der Waals surface area contributed by atoms with Gasteiger partial charge in [-0.1, -0.05) is 19.3 Å². The van der Waals surface area contributed by atoms with Gasteiger partial charge >= 0.3 is 0 Å². The Hall–Kier alpha value is -1.24. The number of aromatic nitrogens is 3. The van der Waals surface area contributed by atoms with Crippen LogP contribution in [0.15, 0.2) is 0 Å². The summed E-state index contributed by atoms with van der Waals surface area (Å²) in [7, 11) is -2.94. The number of nitrogens with two attached hydrogens (primary N) is 1. The fourth-order valence-corrected chi connectivity index (χ4v) is 4.89. The molecule has 0 spiro atoms. The highest BCUT2D eigenvalue weighted by atomic mass is 32.2. The number of sulfone groups is 1. The largest absolute Gasteiger partial charge is 0.368 e. The van der Waals surface area contributed by atoms with Crippen LogP contribution < -0.4 is 5.73 Å². The van der Waals surface area contributed by atoms with Gasteiger partial charge < -0.3 is 5.73 Å². The SMILES string of the molecule is Nc1nc(C2CCCCC2)nc(C2CCS(=O)(=O)C2)n1. The van der Waals surface area contributed by atoms with Crippen LogP contribution in [0.2, 0.25) is 0 Å². The van der Waals surface area contributed by atoms with E-state index in [9.17, 15) is 8.42 Å². The van der Waals surface area contributed by atoms with Crippen molar-refractivity contribution < 1.29 is 8.42 Å². The first kappa shape index (κ1) is 13.7. The zero-order chi connectivity index (χ0) is 14.2. The zero-order valence-electron chi connectivity index (χ0n) is 11.5.